The third-order valence-corrected chi connectivity index (χ3v) is 7.03. The molecular formula is C21H31N3O4S. The van der Waals surface area contributed by atoms with E-state index in [0.717, 1.165) is 44.1 Å². The summed E-state index contributed by atoms with van der Waals surface area (Å²) in [5, 5.41) is 5.72. The van der Waals surface area contributed by atoms with Crippen LogP contribution in [-0.4, -0.2) is 39.4 Å². The van der Waals surface area contributed by atoms with Gasteiger partial charge >= 0.3 is 0 Å². The highest BCUT2D eigenvalue weighted by atomic mass is 32.2. The lowest BCUT2D eigenvalue weighted by Gasteiger charge is -2.20. The highest BCUT2D eigenvalue weighted by molar-refractivity contribution is 7.89. The fraction of sp³-hybridized carbons (Fsp3) is 0.619. The van der Waals surface area contributed by atoms with Crippen molar-refractivity contribution >= 4 is 21.8 Å². The second-order valence-electron chi connectivity index (χ2n) is 8.02. The fourth-order valence-electron chi connectivity index (χ4n) is 3.57. The van der Waals surface area contributed by atoms with Crippen molar-refractivity contribution in [3.63, 3.8) is 0 Å². The summed E-state index contributed by atoms with van der Waals surface area (Å²) < 4.78 is 27.0. The van der Waals surface area contributed by atoms with E-state index in [9.17, 15) is 18.0 Å². The van der Waals surface area contributed by atoms with Crippen LogP contribution in [0.15, 0.2) is 29.2 Å². The molecule has 29 heavy (non-hydrogen) atoms. The first-order valence-electron chi connectivity index (χ1n) is 10.6. The molecule has 0 bridgehead atoms. The topological polar surface area (TPSA) is 104 Å². The highest BCUT2D eigenvalue weighted by Crippen LogP contribution is 2.23. The number of carbonyl (C=O) groups excluding carboxylic acids is 2. The van der Waals surface area contributed by atoms with E-state index in [4.69, 9.17) is 0 Å². The summed E-state index contributed by atoms with van der Waals surface area (Å²) in [6.07, 6.45) is 8.06. The zero-order chi connectivity index (χ0) is 20.7. The Morgan fingerprint density at radius 2 is 1.55 bits per heavy atom. The Hall–Kier alpha value is -1.93. The Morgan fingerprint density at radius 1 is 0.897 bits per heavy atom. The van der Waals surface area contributed by atoms with Crippen LogP contribution in [0.5, 0.6) is 0 Å². The van der Waals surface area contributed by atoms with Crippen molar-refractivity contribution in [2.24, 2.45) is 5.92 Å². The van der Waals surface area contributed by atoms with Gasteiger partial charge < -0.3 is 10.6 Å². The fourth-order valence-corrected chi connectivity index (χ4v) is 4.87. The molecule has 0 spiro atoms. The number of amides is 2. The first kappa shape index (κ1) is 21.8. The molecule has 0 radical (unpaired) electrons. The maximum Gasteiger partial charge on any atom is 0.240 e. The Balaban J connectivity index is 1.32. The van der Waals surface area contributed by atoms with Crippen LogP contribution in [0.3, 0.4) is 0 Å². The Labute approximate surface area is 173 Å². The molecule has 2 fully saturated rings. The van der Waals surface area contributed by atoms with E-state index in [-0.39, 0.29) is 28.7 Å². The molecule has 3 rings (SSSR count). The quantitative estimate of drug-likeness (QED) is 0.502. The predicted octanol–water partition coefficient (Wildman–Crippen LogP) is 1.87. The smallest absolute Gasteiger partial charge is 0.240 e. The van der Waals surface area contributed by atoms with Crippen LogP contribution >= 0.6 is 0 Å². The summed E-state index contributed by atoms with van der Waals surface area (Å²) >= 11 is 0. The molecule has 2 aliphatic rings. The van der Waals surface area contributed by atoms with Gasteiger partial charge in [-0.1, -0.05) is 31.4 Å². The lowest BCUT2D eigenvalue weighted by molar-refractivity contribution is -0.126. The summed E-state index contributed by atoms with van der Waals surface area (Å²) in [5.41, 5.74) is 0.913. The molecule has 1 aromatic rings. The van der Waals surface area contributed by atoms with Crippen molar-refractivity contribution in [1.82, 2.24) is 15.4 Å². The van der Waals surface area contributed by atoms with Crippen LogP contribution in [0, 0.1) is 5.92 Å². The Kier molecular flexibility index (Phi) is 7.66. The molecule has 0 aromatic heterocycles. The highest BCUT2D eigenvalue weighted by Gasteiger charge is 2.27. The second-order valence-corrected chi connectivity index (χ2v) is 9.73. The number of sulfonamides is 1. The predicted molar refractivity (Wildman–Crippen MR) is 111 cm³/mol. The molecule has 1 aromatic carbocycles. The number of benzene rings is 1. The van der Waals surface area contributed by atoms with Crippen LogP contribution in [0.1, 0.15) is 56.9 Å². The van der Waals surface area contributed by atoms with Crippen molar-refractivity contribution in [2.45, 2.75) is 68.7 Å². The molecule has 8 heteroatoms. The molecule has 7 nitrogen and oxygen atoms in total. The van der Waals surface area contributed by atoms with Crippen LogP contribution < -0.4 is 15.4 Å². The first-order chi connectivity index (χ1) is 13.9. The molecule has 0 heterocycles. The molecule has 3 N–H and O–H groups in total. The van der Waals surface area contributed by atoms with Gasteiger partial charge in [0.25, 0.3) is 0 Å². The van der Waals surface area contributed by atoms with Gasteiger partial charge in [-0.15, -0.1) is 0 Å². The number of hydrogen-bond donors (Lipinski definition) is 3. The van der Waals surface area contributed by atoms with Gasteiger partial charge in [0.05, 0.1) is 4.90 Å². The average Bonchev–Trinajstić information content (AvgIpc) is 3.54. The number of carbonyl (C=O) groups is 2. The molecule has 0 saturated heterocycles. The standard InChI is InChI=1S/C21H31N3O4S/c25-20(22-14-15-23-21(26)17-4-2-1-3-5-17)13-8-16-6-11-19(12-7-16)29(27,28)24-18-9-10-18/h6-7,11-12,17-18,24H,1-5,8-10,13-15H2,(H,22,25)(H,23,26). The minimum absolute atomic E-state index is 0.0795. The molecule has 0 aliphatic heterocycles. The minimum Gasteiger partial charge on any atom is -0.354 e. The van der Waals surface area contributed by atoms with Crippen molar-refractivity contribution in [3.05, 3.63) is 29.8 Å². The minimum atomic E-state index is -3.44. The lowest BCUT2D eigenvalue weighted by Crippen LogP contribution is -2.38. The van der Waals surface area contributed by atoms with E-state index in [1.165, 1.54) is 6.42 Å². The summed E-state index contributed by atoms with van der Waals surface area (Å²) in [6.45, 7) is 0.864. The largest absolute Gasteiger partial charge is 0.354 e. The van der Waals surface area contributed by atoms with Crippen LogP contribution in [0.2, 0.25) is 0 Å². The summed E-state index contributed by atoms with van der Waals surface area (Å²) in [4.78, 5) is 24.3. The van der Waals surface area contributed by atoms with E-state index in [1.54, 1.807) is 24.3 Å². The molecule has 0 atom stereocenters. The van der Waals surface area contributed by atoms with Crippen molar-refractivity contribution in [3.8, 4) is 0 Å². The van der Waals surface area contributed by atoms with Crippen LogP contribution in [-0.2, 0) is 26.0 Å². The Morgan fingerprint density at radius 3 is 2.21 bits per heavy atom. The maximum atomic E-state index is 12.2. The maximum absolute atomic E-state index is 12.2. The number of nitrogens with one attached hydrogen (secondary N) is 3. The second kappa shape index (κ2) is 10.2. The van der Waals surface area contributed by atoms with Crippen molar-refractivity contribution in [1.29, 1.82) is 0 Å². The number of rotatable bonds is 10. The third-order valence-electron chi connectivity index (χ3n) is 5.50. The summed E-state index contributed by atoms with van der Waals surface area (Å²) in [6, 6.07) is 6.74. The normalized spacial score (nSPS) is 17.7. The summed E-state index contributed by atoms with van der Waals surface area (Å²) in [7, 11) is -3.44. The molecular weight excluding hydrogens is 390 g/mol. The number of hydrogen-bond acceptors (Lipinski definition) is 4. The van der Waals surface area contributed by atoms with Crippen LogP contribution in [0.25, 0.3) is 0 Å². The van der Waals surface area contributed by atoms with E-state index in [2.05, 4.69) is 15.4 Å². The van der Waals surface area contributed by atoms with Gasteiger partial charge in [0.2, 0.25) is 21.8 Å². The Bertz CT molecular complexity index is 798. The first-order valence-corrected chi connectivity index (χ1v) is 12.1. The molecule has 2 amide bonds. The van der Waals surface area contributed by atoms with E-state index < -0.39 is 10.0 Å². The SMILES string of the molecule is O=C(CCc1ccc(S(=O)(=O)NC2CC2)cc1)NCCNC(=O)C1CCCCC1. The molecule has 0 unspecified atom stereocenters. The van der Waals surface area contributed by atoms with Gasteiger partial charge in [0.15, 0.2) is 0 Å². The molecule has 2 saturated carbocycles. The van der Waals surface area contributed by atoms with Gasteiger partial charge in [0, 0.05) is 31.5 Å². The van der Waals surface area contributed by atoms with Gasteiger partial charge in [-0.25, -0.2) is 13.1 Å². The lowest BCUT2D eigenvalue weighted by atomic mass is 9.89. The number of aryl methyl sites for hydroxylation is 1. The van der Waals surface area contributed by atoms with Gasteiger partial charge in [0.1, 0.15) is 0 Å². The van der Waals surface area contributed by atoms with Gasteiger partial charge in [-0.2, -0.15) is 0 Å². The van der Waals surface area contributed by atoms with E-state index >= 15 is 0 Å². The van der Waals surface area contributed by atoms with Crippen molar-refractivity contribution < 1.29 is 18.0 Å². The van der Waals surface area contributed by atoms with Gasteiger partial charge in [-0.05, 0) is 49.8 Å². The van der Waals surface area contributed by atoms with Gasteiger partial charge in [-0.3, -0.25) is 9.59 Å². The van der Waals surface area contributed by atoms with E-state index in [0.29, 0.717) is 25.9 Å². The van der Waals surface area contributed by atoms with Crippen LogP contribution in [0.4, 0.5) is 0 Å². The van der Waals surface area contributed by atoms with E-state index in [1.807, 2.05) is 0 Å². The zero-order valence-electron chi connectivity index (χ0n) is 16.8. The molecule has 2 aliphatic carbocycles. The zero-order valence-corrected chi connectivity index (χ0v) is 17.6. The summed E-state index contributed by atoms with van der Waals surface area (Å²) in [5.74, 6) is 0.153. The average molecular weight is 422 g/mol. The monoisotopic (exact) mass is 421 g/mol. The molecule has 160 valence electrons. The third kappa shape index (κ3) is 7.12. The van der Waals surface area contributed by atoms with Crippen molar-refractivity contribution in [2.75, 3.05) is 13.1 Å².